The molecule has 0 aliphatic rings. The van der Waals surface area contributed by atoms with Crippen LogP contribution in [0.15, 0.2) is 121 Å². The fourth-order valence-corrected chi connectivity index (χ4v) is 4.67. The van der Waals surface area contributed by atoms with Crippen molar-refractivity contribution in [1.82, 2.24) is 0 Å². The summed E-state index contributed by atoms with van der Waals surface area (Å²) < 4.78 is 0. The molecule has 0 saturated heterocycles. The van der Waals surface area contributed by atoms with Crippen molar-refractivity contribution in [3.8, 4) is 0 Å². The lowest BCUT2D eigenvalue weighted by atomic mass is 9.73. The highest BCUT2D eigenvalue weighted by atomic mass is 14.5. The van der Waals surface area contributed by atoms with E-state index in [0.717, 1.165) is 22.7 Å². The minimum Gasteiger partial charge on any atom is -0.399 e. The van der Waals surface area contributed by atoms with Gasteiger partial charge in [-0.05, 0) is 90.2 Å². The van der Waals surface area contributed by atoms with E-state index < -0.39 is 0 Å². The van der Waals surface area contributed by atoms with Crippen molar-refractivity contribution >= 4 is 22.7 Å². The zero-order valence-electron chi connectivity index (χ0n) is 25.9. The number of anilines is 4. The molecule has 42 heavy (non-hydrogen) atoms. The molecule has 0 aliphatic carbocycles. The summed E-state index contributed by atoms with van der Waals surface area (Å²) in [5.41, 5.74) is 33.2. The summed E-state index contributed by atoms with van der Waals surface area (Å²) >= 11 is 0. The summed E-state index contributed by atoms with van der Waals surface area (Å²) in [6, 6.07) is 40.8. The van der Waals surface area contributed by atoms with Gasteiger partial charge in [-0.2, -0.15) is 0 Å². The predicted molar refractivity (Wildman–Crippen MR) is 184 cm³/mol. The summed E-state index contributed by atoms with van der Waals surface area (Å²) in [5, 5.41) is 0. The van der Waals surface area contributed by atoms with Crippen LogP contribution in [-0.4, -0.2) is 0 Å². The molecule has 0 radical (unpaired) electrons. The summed E-state index contributed by atoms with van der Waals surface area (Å²) in [6.45, 7) is 13.1. The Labute approximate surface area is 252 Å². The number of benzene rings is 5. The van der Waals surface area contributed by atoms with Gasteiger partial charge < -0.3 is 22.9 Å². The van der Waals surface area contributed by atoms with Crippen molar-refractivity contribution in [2.24, 2.45) is 0 Å². The van der Waals surface area contributed by atoms with Crippen LogP contribution in [0.3, 0.4) is 0 Å². The number of nitrogen functional groups attached to an aromatic ring is 4. The van der Waals surface area contributed by atoms with Gasteiger partial charge in [0.1, 0.15) is 0 Å². The van der Waals surface area contributed by atoms with Crippen LogP contribution in [0.4, 0.5) is 22.7 Å². The van der Waals surface area contributed by atoms with E-state index in [0.29, 0.717) is 0 Å². The molecule has 0 aromatic heterocycles. The Balaban J connectivity index is 0.000000244. The van der Waals surface area contributed by atoms with Gasteiger partial charge in [0.25, 0.3) is 0 Å². The Bertz CT molecular complexity index is 1440. The number of hydrogen-bond acceptors (Lipinski definition) is 4. The summed E-state index contributed by atoms with van der Waals surface area (Å²) in [4.78, 5) is 0. The van der Waals surface area contributed by atoms with Gasteiger partial charge in [-0.3, -0.25) is 0 Å². The average molecular weight is 559 g/mol. The first-order valence-corrected chi connectivity index (χ1v) is 14.3. The first-order chi connectivity index (χ1) is 19.8. The van der Waals surface area contributed by atoms with Crippen LogP contribution >= 0.6 is 0 Å². The van der Waals surface area contributed by atoms with Crippen LogP contribution in [0.1, 0.15) is 61.1 Å². The number of nitrogens with two attached hydrogens (primary N) is 4. The molecule has 0 heterocycles. The maximum atomic E-state index is 5.86. The number of rotatable bonds is 4. The third-order valence-corrected chi connectivity index (χ3v) is 7.69. The van der Waals surface area contributed by atoms with Gasteiger partial charge >= 0.3 is 0 Å². The molecule has 0 bridgehead atoms. The lowest BCUT2D eigenvalue weighted by Gasteiger charge is -2.31. The van der Waals surface area contributed by atoms with Crippen LogP contribution in [0, 0.1) is 13.8 Å². The van der Waals surface area contributed by atoms with Gasteiger partial charge in [-0.15, -0.1) is 0 Å². The minimum atomic E-state index is -0.0963. The molecule has 4 nitrogen and oxygen atoms in total. The van der Waals surface area contributed by atoms with E-state index >= 15 is 0 Å². The topological polar surface area (TPSA) is 104 Å². The molecule has 0 aliphatic heterocycles. The molecule has 0 spiro atoms. The second-order valence-corrected chi connectivity index (χ2v) is 11.9. The SMILES string of the molecule is CC(C)(c1ccc(N)cc1)c1cccc(C(C)(C)c2ccc(N)cc2)c1.Cc1ccc(N)cc1.Cc1cccc(N)c1. The van der Waals surface area contributed by atoms with Crippen molar-refractivity contribution in [3.05, 3.63) is 155 Å². The summed E-state index contributed by atoms with van der Waals surface area (Å²) in [6.07, 6.45) is 0. The van der Waals surface area contributed by atoms with Crippen LogP contribution in [0.25, 0.3) is 0 Å². The van der Waals surface area contributed by atoms with E-state index in [9.17, 15) is 0 Å². The average Bonchev–Trinajstić information content (AvgIpc) is 2.96. The van der Waals surface area contributed by atoms with E-state index in [1.807, 2.05) is 86.6 Å². The molecule has 5 rings (SSSR count). The van der Waals surface area contributed by atoms with Crippen LogP contribution < -0.4 is 22.9 Å². The molecule has 0 fully saturated rings. The highest BCUT2D eigenvalue weighted by Gasteiger charge is 2.27. The molecule has 8 N–H and O–H groups in total. The van der Waals surface area contributed by atoms with Crippen molar-refractivity contribution in [2.45, 2.75) is 52.4 Å². The third-order valence-electron chi connectivity index (χ3n) is 7.69. The van der Waals surface area contributed by atoms with E-state index in [4.69, 9.17) is 22.9 Å². The highest BCUT2D eigenvalue weighted by Crippen LogP contribution is 2.37. The molecule has 4 heteroatoms. The van der Waals surface area contributed by atoms with Gasteiger partial charge in [0.15, 0.2) is 0 Å². The fourth-order valence-electron chi connectivity index (χ4n) is 4.67. The van der Waals surface area contributed by atoms with E-state index in [-0.39, 0.29) is 10.8 Å². The standard InChI is InChI=1S/C24H28N2.2C7H9N/c1-23(2,17-8-12-21(25)13-9-17)19-6-5-7-20(16-19)24(3,4)18-10-14-22(26)15-11-18;1-6-2-4-7(8)5-3-6;1-6-3-2-4-7(8)5-6/h5-16H,25-26H2,1-4H3;2*2-5H,8H2,1H3. The second-order valence-electron chi connectivity index (χ2n) is 11.9. The lowest BCUT2D eigenvalue weighted by molar-refractivity contribution is 0.617. The zero-order chi connectivity index (χ0) is 30.9. The van der Waals surface area contributed by atoms with Gasteiger partial charge in [-0.1, -0.05) is 106 Å². The van der Waals surface area contributed by atoms with E-state index in [1.54, 1.807) is 0 Å². The predicted octanol–water partition coefficient (Wildman–Crippen LogP) is 8.66. The Morgan fingerprint density at radius 1 is 0.357 bits per heavy atom. The van der Waals surface area contributed by atoms with Gasteiger partial charge in [0.05, 0.1) is 0 Å². The summed E-state index contributed by atoms with van der Waals surface area (Å²) in [5.74, 6) is 0. The molecule has 218 valence electrons. The third kappa shape index (κ3) is 8.65. The maximum Gasteiger partial charge on any atom is 0.0316 e. The molecule has 0 amide bonds. The first-order valence-electron chi connectivity index (χ1n) is 14.3. The second kappa shape index (κ2) is 13.8. The fraction of sp³-hybridized carbons (Fsp3) is 0.211. The van der Waals surface area contributed by atoms with Crippen molar-refractivity contribution < 1.29 is 0 Å². The Kier molecular flexibility index (Phi) is 10.4. The van der Waals surface area contributed by atoms with Crippen LogP contribution in [0.5, 0.6) is 0 Å². The molecule has 0 unspecified atom stereocenters. The Morgan fingerprint density at radius 2 is 0.738 bits per heavy atom. The highest BCUT2D eigenvalue weighted by molar-refractivity contribution is 5.49. The van der Waals surface area contributed by atoms with Gasteiger partial charge in [0, 0.05) is 33.6 Å². The van der Waals surface area contributed by atoms with Crippen LogP contribution in [0.2, 0.25) is 0 Å². The molecule has 0 atom stereocenters. The van der Waals surface area contributed by atoms with Gasteiger partial charge in [0.2, 0.25) is 0 Å². The lowest BCUT2D eigenvalue weighted by Crippen LogP contribution is -2.23. The van der Waals surface area contributed by atoms with Crippen molar-refractivity contribution in [2.75, 3.05) is 22.9 Å². The first kappa shape index (κ1) is 31.8. The van der Waals surface area contributed by atoms with E-state index in [1.165, 1.54) is 33.4 Å². The number of hydrogen-bond donors (Lipinski definition) is 4. The monoisotopic (exact) mass is 558 g/mol. The normalized spacial score (nSPS) is 11.0. The maximum absolute atomic E-state index is 5.86. The zero-order valence-corrected chi connectivity index (χ0v) is 25.9. The van der Waals surface area contributed by atoms with Crippen molar-refractivity contribution in [1.29, 1.82) is 0 Å². The van der Waals surface area contributed by atoms with E-state index in [2.05, 4.69) is 76.2 Å². The van der Waals surface area contributed by atoms with Gasteiger partial charge in [-0.25, -0.2) is 0 Å². The molecular formula is C38H46N4. The minimum absolute atomic E-state index is 0.0963. The van der Waals surface area contributed by atoms with Crippen LogP contribution in [-0.2, 0) is 10.8 Å². The largest absolute Gasteiger partial charge is 0.399 e. The van der Waals surface area contributed by atoms with Crippen molar-refractivity contribution in [3.63, 3.8) is 0 Å². The molecular weight excluding hydrogens is 512 g/mol. The Hall–Kier alpha value is -4.70. The smallest absolute Gasteiger partial charge is 0.0316 e. The molecule has 5 aromatic carbocycles. The quantitative estimate of drug-likeness (QED) is 0.166. The Morgan fingerprint density at radius 3 is 1.07 bits per heavy atom. The summed E-state index contributed by atoms with van der Waals surface area (Å²) in [7, 11) is 0. The molecule has 5 aromatic rings. The molecule has 0 saturated carbocycles. The number of aryl methyl sites for hydroxylation is 2.